The molecule has 0 spiro atoms. The van der Waals surface area contributed by atoms with Crippen LogP contribution in [0.4, 0.5) is 18.9 Å². The zero-order chi connectivity index (χ0) is 20.6. The summed E-state index contributed by atoms with van der Waals surface area (Å²) in [6.07, 6.45) is 5.39. The second-order valence-corrected chi connectivity index (χ2v) is 7.64. The topological polar surface area (TPSA) is 50.5 Å². The lowest BCUT2D eigenvalue weighted by Gasteiger charge is -2.30. The third kappa shape index (κ3) is 3.85. The van der Waals surface area contributed by atoms with Crippen molar-refractivity contribution in [2.75, 3.05) is 25.2 Å². The highest BCUT2D eigenvalue weighted by Crippen LogP contribution is 2.40. The van der Waals surface area contributed by atoms with Crippen LogP contribution in [0.25, 0.3) is 10.9 Å². The van der Waals surface area contributed by atoms with Gasteiger partial charge in [0.15, 0.2) is 0 Å². The highest BCUT2D eigenvalue weighted by atomic mass is 19.4. The number of alkyl halides is 3. The predicted octanol–water partition coefficient (Wildman–Crippen LogP) is 4.59. The molecule has 0 bridgehead atoms. The number of allylic oxidation sites excluding steroid dienone is 3. The molecular weight excluding hydrogens is 383 g/mol. The van der Waals surface area contributed by atoms with Crippen LogP contribution in [0.1, 0.15) is 31.7 Å². The van der Waals surface area contributed by atoms with E-state index in [9.17, 15) is 18.3 Å². The molecule has 0 saturated heterocycles. The van der Waals surface area contributed by atoms with Crippen LogP contribution < -0.4 is 9.64 Å². The first-order chi connectivity index (χ1) is 13.9. The number of rotatable bonds is 4. The standard InChI is InChI=1S/C21H24F3N3O2/c1-29-19-11-17-15(12-27(25-17)16-7-5-14(13-28)6-8-16)10-18(19)26-9-3-2-4-20(26)21(22,23)24/h2-4,10-12,14,16,28H,5-9,13H2,1H3. The van der Waals surface area contributed by atoms with Gasteiger partial charge in [-0.3, -0.25) is 4.68 Å². The molecule has 4 rings (SSSR count). The second kappa shape index (κ2) is 7.74. The van der Waals surface area contributed by atoms with E-state index in [1.54, 1.807) is 18.2 Å². The van der Waals surface area contributed by atoms with Gasteiger partial charge in [-0.2, -0.15) is 18.3 Å². The average molecular weight is 407 g/mol. The molecule has 1 aromatic carbocycles. The summed E-state index contributed by atoms with van der Waals surface area (Å²) in [6, 6.07) is 3.66. The first kappa shape index (κ1) is 19.8. The fourth-order valence-electron chi connectivity index (χ4n) is 4.20. The van der Waals surface area contributed by atoms with E-state index in [0.29, 0.717) is 22.9 Å². The minimum absolute atomic E-state index is 0.118. The maximum atomic E-state index is 13.5. The number of hydrogen-bond acceptors (Lipinski definition) is 4. The summed E-state index contributed by atoms with van der Waals surface area (Å²) in [6.45, 7) is 0.334. The zero-order valence-electron chi connectivity index (χ0n) is 16.2. The van der Waals surface area contributed by atoms with Gasteiger partial charge in [0.1, 0.15) is 11.4 Å². The Morgan fingerprint density at radius 3 is 2.62 bits per heavy atom. The van der Waals surface area contributed by atoms with Crippen molar-refractivity contribution in [3.8, 4) is 5.75 Å². The molecule has 156 valence electrons. The van der Waals surface area contributed by atoms with E-state index >= 15 is 0 Å². The van der Waals surface area contributed by atoms with E-state index in [-0.39, 0.29) is 19.2 Å². The molecule has 5 nitrogen and oxygen atoms in total. The number of aromatic nitrogens is 2. The molecule has 1 saturated carbocycles. The summed E-state index contributed by atoms with van der Waals surface area (Å²) in [7, 11) is 1.45. The van der Waals surface area contributed by atoms with Gasteiger partial charge in [0.25, 0.3) is 0 Å². The number of halogens is 3. The third-order valence-corrected chi connectivity index (χ3v) is 5.82. The van der Waals surface area contributed by atoms with Crippen molar-refractivity contribution in [3.63, 3.8) is 0 Å². The first-order valence-electron chi connectivity index (χ1n) is 9.80. The molecule has 1 fully saturated rings. The molecule has 1 aliphatic heterocycles. The van der Waals surface area contributed by atoms with E-state index in [2.05, 4.69) is 5.10 Å². The molecule has 0 radical (unpaired) electrons. The van der Waals surface area contributed by atoms with E-state index in [0.717, 1.165) is 37.1 Å². The molecular formula is C21H24F3N3O2. The monoisotopic (exact) mass is 407 g/mol. The third-order valence-electron chi connectivity index (χ3n) is 5.82. The van der Waals surface area contributed by atoms with Gasteiger partial charge in [-0.1, -0.05) is 12.2 Å². The number of hydrogen-bond donors (Lipinski definition) is 1. The SMILES string of the molecule is COc1cc2nn(C3CCC(CO)CC3)cc2cc1N1CC=CC=C1C(F)(F)F. The molecule has 2 aromatic rings. The Morgan fingerprint density at radius 2 is 1.97 bits per heavy atom. The number of ether oxygens (including phenoxy) is 1. The highest BCUT2D eigenvalue weighted by Gasteiger charge is 2.39. The number of fused-ring (bicyclic) bond motifs is 1. The maximum absolute atomic E-state index is 13.5. The van der Waals surface area contributed by atoms with Crippen LogP contribution in [0.15, 0.2) is 42.3 Å². The number of aliphatic hydroxyl groups is 1. The van der Waals surface area contributed by atoms with E-state index in [1.807, 2.05) is 10.9 Å². The van der Waals surface area contributed by atoms with Gasteiger partial charge in [0.2, 0.25) is 0 Å². The van der Waals surface area contributed by atoms with Crippen molar-refractivity contribution in [1.82, 2.24) is 9.78 Å². The van der Waals surface area contributed by atoms with Crippen LogP contribution >= 0.6 is 0 Å². The molecule has 8 heteroatoms. The lowest BCUT2D eigenvalue weighted by molar-refractivity contribution is -0.0933. The summed E-state index contributed by atoms with van der Waals surface area (Å²) >= 11 is 0. The second-order valence-electron chi connectivity index (χ2n) is 7.64. The van der Waals surface area contributed by atoms with E-state index in [1.165, 1.54) is 18.1 Å². The summed E-state index contributed by atoms with van der Waals surface area (Å²) in [5.41, 5.74) is 0.351. The van der Waals surface area contributed by atoms with Gasteiger partial charge in [-0.25, -0.2) is 0 Å². The molecule has 0 amide bonds. The Kier molecular flexibility index (Phi) is 5.29. The van der Waals surface area contributed by atoms with Gasteiger partial charge in [-0.15, -0.1) is 0 Å². The van der Waals surface area contributed by atoms with E-state index < -0.39 is 11.9 Å². The number of anilines is 1. The van der Waals surface area contributed by atoms with Gasteiger partial charge >= 0.3 is 6.18 Å². The number of methoxy groups -OCH3 is 1. The average Bonchev–Trinajstić information content (AvgIpc) is 3.15. The van der Waals surface area contributed by atoms with Gasteiger partial charge in [0.05, 0.1) is 24.4 Å². The smallest absolute Gasteiger partial charge is 0.431 e. The summed E-state index contributed by atoms with van der Waals surface area (Å²) in [4.78, 5) is 1.22. The van der Waals surface area contributed by atoms with Gasteiger partial charge in [-0.05, 0) is 43.7 Å². The largest absolute Gasteiger partial charge is 0.494 e. The Labute approximate surface area is 167 Å². The minimum Gasteiger partial charge on any atom is -0.494 e. The zero-order valence-corrected chi connectivity index (χ0v) is 16.2. The molecule has 1 N–H and O–H groups in total. The number of nitrogens with zero attached hydrogens (tertiary/aromatic N) is 3. The molecule has 2 heterocycles. The Balaban J connectivity index is 1.69. The van der Waals surface area contributed by atoms with Crippen LogP contribution in [0, 0.1) is 5.92 Å². The van der Waals surface area contributed by atoms with E-state index in [4.69, 9.17) is 4.74 Å². The molecule has 0 unspecified atom stereocenters. The highest BCUT2D eigenvalue weighted by molar-refractivity contribution is 5.86. The van der Waals surface area contributed by atoms with Gasteiger partial charge < -0.3 is 14.7 Å². The van der Waals surface area contributed by atoms with Crippen molar-refractivity contribution in [3.05, 3.63) is 42.3 Å². The first-order valence-corrected chi connectivity index (χ1v) is 9.80. The van der Waals surface area contributed by atoms with Crippen LogP contribution in [0.3, 0.4) is 0 Å². The molecule has 1 aromatic heterocycles. The lowest BCUT2D eigenvalue weighted by Crippen LogP contribution is -2.33. The Hall–Kier alpha value is -2.48. The lowest BCUT2D eigenvalue weighted by atomic mass is 9.87. The Bertz CT molecular complexity index is 941. The van der Waals surface area contributed by atoms with Crippen molar-refractivity contribution in [1.29, 1.82) is 0 Å². The van der Waals surface area contributed by atoms with Crippen molar-refractivity contribution >= 4 is 16.6 Å². The summed E-state index contributed by atoms with van der Waals surface area (Å²) in [5, 5.41) is 14.8. The number of aliphatic hydroxyl groups excluding tert-OH is 1. The van der Waals surface area contributed by atoms with Crippen molar-refractivity contribution < 1.29 is 23.0 Å². The maximum Gasteiger partial charge on any atom is 0.431 e. The molecule has 0 atom stereocenters. The summed E-state index contributed by atoms with van der Waals surface area (Å²) < 4.78 is 47.9. The van der Waals surface area contributed by atoms with Crippen molar-refractivity contribution in [2.45, 2.75) is 37.9 Å². The van der Waals surface area contributed by atoms with Crippen molar-refractivity contribution in [2.24, 2.45) is 5.92 Å². The van der Waals surface area contributed by atoms with Crippen LogP contribution in [0.2, 0.25) is 0 Å². The fraction of sp³-hybridized carbons (Fsp3) is 0.476. The van der Waals surface area contributed by atoms with Crippen LogP contribution in [0.5, 0.6) is 5.75 Å². The fourth-order valence-corrected chi connectivity index (χ4v) is 4.20. The number of benzene rings is 1. The predicted molar refractivity (Wildman–Crippen MR) is 105 cm³/mol. The van der Waals surface area contributed by atoms with Gasteiger partial charge in [0, 0.05) is 30.8 Å². The normalized spacial score (nSPS) is 22.8. The minimum atomic E-state index is -4.46. The van der Waals surface area contributed by atoms with Crippen LogP contribution in [-0.2, 0) is 0 Å². The summed E-state index contributed by atoms with van der Waals surface area (Å²) in [5.74, 6) is 0.708. The molecule has 1 aliphatic carbocycles. The molecule has 29 heavy (non-hydrogen) atoms. The quantitative estimate of drug-likeness (QED) is 0.805. The van der Waals surface area contributed by atoms with Crippen LogP contribution in [-0.4, -0.2) is 41.3 Å². The Morgan fingerprint density at radius 1 is 1.21 bits per heavy atom. The molecule has 2 aliphatic rings.